The second-order valence-corrected chi connectivity index (χ2v) is 6.78. The summed E-state index contributed by atoms with van der Waals surface area (Å²) in [6.45, 7) is 9.48. The average Bonchev–Trinajstić information content (AvgIpc) is 2.26. The van der Waals surface area contributed by atoms with Gasteiger partial charge in [0.2, 0.25) is 0 Å². The molecule has 1 rings (SSSR count). The average molecular weight is 241 g/mol. The number of aliphatic hydroxyl groups excluding tert-OH is 1. The molecule has 2 unspecified atom stereocenters. The van der Waals surface area contributed by atoms with Crippen molar-refractivity contribution >= 4 is 0 Å². The van der Waals surface area contributed by atoms with Crippen LogP contribution in [-0.4, -0.2) is 36.8 Å². The molecule has 1 fully saturated rings. The molecule has 1 aliphatic rings. The van der Waals surface area contributed by atoms with Gasteiger partial charge in [0.1, 0.15) is 0 Å². The van der Waals surface area contributed by atoms with Crippen molar-refractivity contribution in [2.75, 3.05) is 26.7 Å². The van der Waals surface area contributed by atoms with Crippen molar-refractivity contribution in [1.82, 2.24) is 4.90 Å². The standard InChI is InChI=1S/C15H31NO/c1-13(2)7-9-16(4)11-15(12-17)8-5-6-14(3)10-15/h13-14,17H,5-12H2,1-4H3. The monoisotopic (exact) mass is 241 g/mol. The molecule has 1 saturated carbocycles. The van der Waals surface area contributed by atoms with Gasteiger partial charge in [-0.3, -0.25) is 0 Å². The van der Waals surface area contributed by atoms with Gasteiger partial charge in [-0.15, -0.1) is 0 Å². The summed E-state index contributed by atoms with van der Waals surface area (Å²) in [4.78, 5) is 2.42. The third kappa shape index (κ3) is 4.97. The van der Waals surface area contributed by atoms with E-state index < -0.39 is 0 Å². The van der Waals surface area contributed by atoms with Gasteiger partial charge >= 0.3 is 0 Å². The molecule has 0 heterocycles. The lowest BCUT2D eigenvalue weighted by Gasteiger charge is -2.41. The minimum absolute atomic E-state index is 0.184. The zero-order valence-electron chi connectivity index (χ0n) is 12.2. The lowest BCUT2D eigenvalue weighted by atomic mass is 9.70. The molecule has 0 spiro atoms. The van der Waals surface area contributed by atoms with Gasteiger partial charge in [0, 0.05) is 18.6 Å². The van der Waals surface area contributed by atoms with E-state index in [-0.39, 0.29) is 5.41 Å². The molecule has 0 aromatic carbocycles. The van der Waals surface area contributed by atoms with Gasteiger partial charge in [0.05, 0.1) is 0 Å². The molecule has 0 amide bonds. The zero-order chi connectivity index (χ0) is 12.9. The van der Waals surface area contributed by atoms with Crippen LogP contribution in [0.25, 0.3) is 0 Å². The maximum Gasteiger partial charge on any atom is 0.0499 e. The minimum Gasteiger partial charge on any atom is -0.396 e. The highest BCUT2D eigenvalue weighted by Crippen LogP contribution is 2.39. The highest BCUT2D eigenvalue weighted by atomic mass is 16.3. The molecule has 102 valence electrons. The van der Waals surface area contributed by atoms with E-state index in [1.54, 1.807) is 0 Å². The van der Waals surface area contributed by atoms with E-state index in [4.69, 9.17) is 0 Å². The highest BCUT2D eigenvalue weighted by Gasteiger charge is 2.35. The first-order chi connectivity index (χ1) is 7.97. The first kappa shape index (κ1) is 15.0. The van der Waals surface area contributed by atoms with E-state index in [0.717, 1.165) is 24.9 Å². The zero-order valence-corrected chi connectivity index (χ0v) is 12.2. The summed E-state index contributed by atoms with van der Waals surface area (Å²) in [5.74, 6) is 1.56. The van der Waals surface area contributed by atoms with Crippen molar-refractivity contribution in [1.29, 1.82) is 0 Å². The molecule has 0 saturated heterocycles. The van der Waals surface area contributed by atoms with E-state index in [2.05, 4.69) is 32.7 Å². The van der Waals surface area contributed by atoms with Crippen molar-refractivity contribution < 1.29 is 5.11 Å². The third-order valence-electron chi connectivity index (χ3n) is 4.21. The normalized spacial score (nSPS) is 30.2. The summed E-state index contributed by atoms with van der Waals surface area (Å²) in [7, 11) is 2.21. The topological polar surface area (TPSA) is 23.5 Å². The molecular weight excluding hydrogens is 210 g/mol. The Morgan fingerprint density at radius 1 is 1.41 bits per heavy atom. The number of nitrogens with zero attached hydrogens (tertiary/aromatic N) is 1. The van der Waals surface area contributed by atoms with Crippen LogP contribution in [0.1, 0.15) is 52.9 Å². The maximum absolute atomic E-state index is 9.76. The Morgan fingerprint density at radius 3 is 2.65 bits per heavy atom. The Morgan fingerprint density at radius 2 is 2.12 bits per heavy atom. The number of hydrogen-bond acceptors (Lipinski definition) is 2. The Kier molecular flexibility index (Phi) is 5.94. The lowest BCUT2D eigenvalue weighted by Crippen LogP contribution is -2.42. The van der Waals surface area contributed by atoms with E-state index in [1.165, 1.54) is 32.1 Å². The largest absolute Gasteiger partial charge is 0.396 e. The van der Waals surface area contributed by atoms with Crippen LogP contribution in [0.3, 0.4) is 0 Å². The molecule has 2 nitrogen and oxygen atoms in total. The maximum atomic E-state index is 9.76. The van der Waals surface area contributed by atoms with Crippen LogP contribution in [0.2, 0.25) is 0 Å². The Hall–Kier alpha value is -0.0800. The second-order valence-electron chi connectivity index (χ2n) is 6.78. The third-order valence-corrected chi connectivity index (χ3v) is 4.21. The van der Waals surface area contributed by atoms with Gasteiger partial charge in [-0.05, 0) is 44.7 Å². The van der Waals surface area contributed by atoms with Crippen molar-refractivity contribution in [3.63, 3.8) is 0 Å². The molecule has 0 aromatic heterocycles. The van der Waals surface area contributed by atoms with Gasteiger partial charge in [0.25, 0.3) is 0 Å². The van der Waals surface area contributed by atoms with Crippen molar-refractivity contribution in [3.8, 4) is 0 Å². The Bertz CT molecular complexity index is 217. The molecule has 17 heavy (non-hydrogen) atoms. The predicted octanol–water partition coefficient (Wildman–Crippen LogP) is 3.15. The van der Waals surface area contributed by atoms with Crippen molar-refractivity contribution in [2.24, 2.45) is 17.3 Å². The van der Waals surface area contributed by atoms with E-state index in [0.29, 0.717) is 6.61 Å². The fourth-order valence-electron chi connectivity index (χ4n) is 3.24. The predicted molar refractivity (Wildman–Crippen MR) is 74.1 cm³/mol. The number of aliphatic hydroxyl groups is 1. The van der Waals surface area contributed by atoms with Gasteiger partial charge in [-0.25, -0.2) is 0 Å². The van der Waals surface area contributed by atoms with Crippen LogP contribution < -0.4 is 0 Å². The molecule has 2 heteroatoms. The minimum atomic E-state index is 0.184. The Balaban J connectivity index is 2.44. The van der Waals surface area contributed by atoms with Crippen LogP contribution in [0.4, 0.5) is 0 Å². The van der Waals surface area contributed by atoms with E-state index >= 15 is 0 Å². The number of rotatable bonds is 6. The van der Waals surface area contributed by atoms with Gasteiger partial charge < -0.3 is 10.0 Å². The molecule has 2 atom stereocenters. The van der Waals surface area contributed by atoms with Crippen LogP contribution in [0, 0.1) is 17.3 Å². The molecule has 1 N–H and O–H groups in total. The fraction of sp³-hybridized carbons (Fsp3) is 1.00. The van der Waals surface area contributed by atoms with Crippen LogP contribution in [-0.2, 0) is 0 Å². The quantitative estimate of drug-likeness (QED) is 0.772. The van der Waals surface area contributed by atoms with Crippen molar-refractivity contribution in [2.45, 2.75) is 52.9 Å². The van der Waals surface area contributed by atoms with Gasteiger partial charge in [-0.2, -0.15) is 0 Å². The summed E-state index contributed by atoms with van der Waals surface area (Å²) in [5, 5.41) is 9.76. The molecule has 0 bridgehead atoms. The molecular formula is C15H31NO. The highest BCUT2D eigenvalue weighted by molar-refractivity contribution is 4.87. The first-order valence-electron chi connectivity index (χ1n) is 7.27. The van der Waals surface area contributed by atoms with E-state index in [1.807, 2.05) is 0 Å². The SMILES string of the molecule is CC(C)CCN(C)CC1(CO)CCCC(C)C1. The summed E-state index contributed by atoms with van der Waals surface area (Å²) in [5.41, 5.74) is 0.184. The first-order valence-corrected chi connectivity index (χ1v) is 7.27. The van der Waals surface area contributed by atoms with Crippen molar-refractivity contribution in [3.05, 3.63) is 0 Å². The van der Waals surface area contributed by atoms with E-state index in [9.17, 15) is 5.11 Å². The molecule has 0 aliphatic heterocycles. The molecule has 1 aliphatic carbocycles. The lowest BCUT2D eigenvalue weighted by molar-refractivity contribution is 0.0300. The van der Waals surface area contributed by atoms with Gasteiger partial charge in [0.15, 0.2) is 0 Å². The smallest absolute Gasteiger partial charge is 0.0499 e. The summed E-state index contributed by atoms with van der Waals surface area (Å²) >= 11 is 0. The van der Waals surface area contributed by atoms with Crippen LogP contribution in [0.5, 0.6) is 0 Å². The number of hydrogen-bond donors (Lipinski definition) is 1. The molecule has 0 aromatic rings. The fourth-order valence-corrected chi connectivity index (χ4v) is 3.24. The van der Waals surface area contributed by atoms with Crippen LogP contribution >= 0.6 is 0 Å². The van der Waals surface area contributed by atoms with Crippen LogP contribution in [0.15, 0.2) is 0 Å². The summed E-state index contributed by atoms with van der Waals surface area (Å²) < 4.78 is 0. The summed E-state index contributed by atoms with van der Waals surface area (Å²) in [6, 6.07) is 0. The second kappa shape index (κ2) is 6.75. The van der Waals surface area contributed by atoms with Gasteiger partial charge in [-0.1, -0.05) is 33.6 Å². The summed E-state index contributed by atoms with van der Waals surface area (Å²) in [6.07, 6.45) is 6.31. The Labute approximate surface area is 107 Å². The molecule has 0 radical (unpaired) electrons.